The third-order valence-electron chi connectivity index (χ3n) is 5.19. The largest absolute Gasteiger partial charge is 0.493 e. The van der Waals surface area contributed by atoms with Crippen LogP contribution < -0.4 is 19.6 Å². The van der Waals surface area contributed by atoms with E-state index >= 15 is 0 Å². The van der Waals surface area contributed by atoms with Gasteiger partial charge >= 0.3 is 0 Å². The average molecular weight is 446 g/mol. The minimum atomic E-state index is -0.174. The van der Waals surface area contributed by atoms with Gasteiger partial charge in [0.25, 0.3) is 5.56 Å². The molecule has 5 rings (SSSR count). The fraction of sp³-hybridized carbons (Fsp3) is 0.240. The zero-order valence-electron chi connectivity index (χ0n) is 18.1. The molecule has 0 saturated carbocycles. The van der Waals surface area contributed by atoms with Crippen LogP contribution >= 0.6 is 11.3 Å². The molecule has 0 spiro atoms. The van der Waals surface area contributed by atoms with Gasteiger partial charge in [0, 0.05) is 11.1 Å². The zero-order valence-corrected chi connectivity index (χ0v) is 18.9. The summed E-state index contributed by atoms with van der Waals surface area (Å²) in [5.41, 5.74) is 2.62. The Kier molecular flexibility index (Phi) is 5.27. The summed E-state index contributed by atoms with van der Waals surface area (Å²) in [6.45, 7) is 6.87. The van der Waals surface area contributed by atoms with Gasteiger partial charge in [0.2, 0.25) is 4.96 Å². The SMILES string of the molecule is CC(C)COc1ccc(-c2nc3s/c(=C/C4=Cc5ccccc5O[C@H]4C)c(=O)n3n2)cc1. The lowest BCUT2D eigenvalue weighted by Crippen LogP contribution is -2.26. The summed E-state index contributed by atoms with van der Waals surface area (Å²) in [6, 6.07) is 15.5. The maximum atomic E-state index is 13.0. The van der Waals surface area contributed by atoms with Crippen molar-refractivity contribution >= 4 is 28.4 Å². The standard InChI is InChI=1S/C25H23N3O3S/c1-15(2)14-30-20-10-8-17(9-11-20)23-26-25-28(27-23)24(29)22(32-25)13-19-12-18-6-4-5-7-21(18)31-16(19)3/h4-13,15-16H,14H2,1-3H3/b22-13+/t16-/m0/s1. The molecule has 3 heterocycles. The molecule has 2 aromatic carbocycles. The average Bonchev–Trinajstić information content (AvgIpc) is 3.32. The van der Waals surface area contributed by atoms with Crippen LogP contribution in [0, 0.1) is 5.92 Å². The number of rotatable bonds is 5. The molecule has 2 aromatic heterocycles. The highest BCUT2D eigenvalue weighted by molar-refractivity contribution is 7.15. The van der Waals surface area contributed by atoms with Crippen molar-refractivity contribution in [3.63, 3.8) is 0 Å². The monoisotopic (exact) mass is 445 g/mol. The number of fused-ring (bicyclic) bond motifs is 2. The van der Waals surface area contributed by atoms with Crippen molar-refractivity contribution in [3.05, 3.63) is 74.6 Å². The smallest absolute Gasteiger partial charge is 0.291 e. The van der Waals surface area contributed by atoms with Crippen LogP contribution in [0.4, 0.5) is 0 Å². The molecule has 0 saturated heterocycles. The third kappa shape index (κ3) is 3.91. The van der Waals surface area contributed by atoms with Crippen LogP contribution in [-0.2, 0) is 0 Å². The predicted molar refractivity (Wildman–Crippen MR) is 127 cm³/mol. The van der Waals surface area contributed by atoms with Crippen molar-refractivity contribution in [1.82, 2.24) is 14.6 Å². The molecule has 1 aliphatic rings. The first-order valence-electron chi connectivity index (χ1n) is 10.6. The van der Waals surface area contributed by atoms with E-state index < -0.39 is 0 Å². The van der Waals surface area contributed by atoms with Crippen LogP contribution in [0.3, 0.4) is 0 Å². The maximum Gasteiger partial charge on any atom is 0.291 e. The molecule has 7 heteroatoms. The molecule has 0 bridgehead atoms. The van der Waals surface area contributed by atoms with E-state index in [-0.39, 0.29) is 11.7 Å². The molecule has 162 valence electrons. The molecule has 0 radical (unpaired) electrons. The van der Waals surface area contributed by atoms with Gasteiger partial charge in [0.15, 0.2) is 5.82 Å². The lowest BCUT2D eigenvalue weighted by Gasteiger charge is -2.22. The molecule has 4 aromatic rings. The van der Waals surface area contributed by atoms with Crippen LogP contribution in [0.15, 0.2) is 58.9 Å². The van der Waals surface area contributed by atoms with E-state index in [1.807, 2.05) is 61.5 Å². The van der Waals surface area contributed by atoms with Gasteiger partial charge < -0.3 is 9.47 Å². The van der Waals surface area contributed by atoms with Crippen LogP contribution in [0.2, 0.25) is 0 Å². The summed E-state index contributed by atoms with van der Waals surface area (Å²) >= 11 is 1.33. The second-order valence-corrected chi connectivity index (χ2v) is 9.23. The Morgan fingerprint density at radius 1 is 1.19 bits per heavy atom. The minimum absolute atomic E-state index is 0.140. The number of para-hydroxylation sites is 1. The number of thiazole rings is 1. The number of hydrogen-bond acceptors (Lipinski definition) is 6. The van der Waals surface area contributed by atoms with Crippen LogP contribution in [0.5, 0.6) is 11.5 Å². The third-order valence-corrected chi connectivity index (χ3v) is 6.15. The lowest BCUT2D eigenvalue weighted by molar-refractivity contribution is 0.259. The fourth-order valence-corrected chi connectivity index (χ4v) is 4.40. The molecule has 1 aliphatic heterocycles. The number of nitrogens with zero attached hydrogens (tertiary/aromatic N) is 3. The van der Waals surface area contributed by atoms with Crippen molar-refractivity contribution in [2.75, 3.05) is 6.61 Å². The molecule has 32 heavy (non-hydrogen) atoms. The molecular weight excluding hydrogens is 422 g/mol. The predicted octanol–water partition coefficient (Wildman–Crippen LogP) is 4.22. The second-order valence-electron chi connectivity index (χ2n) is 8.22. The van der Waals surface area contributed by atoms with Gasteiger partial charge in [-0.1, -0.05) is 43.4 Å². The summed E-state index contributed by atoms with van der Waals surface area (Å²) < 4.78 is 13.7. The van der Waals surface area contributed by atoms with Crippen LogP contribution in [0.25, 0.3) is 28.5 Å². The molecule has 0 unspecified atom stereocenters. The second kappa shape index (κ2) is 8.24. The Morgan fingerprint density at radius 2 is 1.97 bits per heavy atom. The fourth-order valence-electron chi connectivity index (χ4n) is 3.49. The molecular formula is C25H23N3O3S. The van der Waals surface area contributed by atoms with Crippen molar-refractivity contribution in [2.24, 2.45) is 5.92 Å². The Hall–Kier alpha value is -3.45. The van der Waals surface area contributed by atoms with Gasteiger partial charge in [0.1, 0.15) is 17.6 Å². The van der Waals surface area contributed by atoms with Crippen molar-refractivity contribution in [2.45, 2.75) is 26.9 Å². The molecule has 1 atom stereocenters. The first-order chi connectivity index (χ1) is 15.5. The first-order valence-corrected chi connectivity index (χ1v) is 11.4. The lowest BCUT2D eigenvalue weighted by atomic mass is 10.0. The number of aromatic nitrogens is 3. The van der Waals surface area contributed by atoms with Crippen LogP contribution in [0.1, 0.15) is 26.3 Å². The quantitative estimate of drug-likeness (QED) is 0.460. The van der Waals surface area contributed by atoms with Gasteiger partial charge in [0.05, 0.1) is 11.1 Å². The zero-order chi connectivity index (χ0) is 22.2. The number of ether oxygens (including phenoxy) is 2. The van der Waals surface area contributed by atoms with E-state index in [0.29, 0.717) is 27.8 Å². The normalized spacial score (nSPS) is 16.2. The van der Waals surface area contributed by atoms with Gasteiger partial charge in [-0.3, -0.25) is 4.79 Å². The van der Waals surface area contributed by atoms with E-state index in [2.05, 4.69) is 30.0 Å². The minimum Gasteiger partial charge on any atom is -0.493 e. The van der Waals surface area contributed by atoms with E-state index in [4.69, 9.17) is 9.47 Å². The molecule has 0 aliphatic carbocycles. The highest BCUT2D eigenvalue weighted by Crippen LogP contribution is 2.29. The van der Waals surface area contributed by atoms with E-state index in [0.717, 1.165) is 28.2 Å². The van der Waals surface area contributed by atoms with Gasteiger partial charge in [-0.25, -0.2) is 0 Å². The van der Waals surface area contributed by atoms with Crippen molar-refractivity contribution < 1.29 is 9.47 Å². The van der Waals surface area contributed by atoms with E-state index in [9.17, 15) is 4.79 Å². The van der Waals surface area contributed by atoms with Gasteiger partial charge in [-0.05, 0) is 60.9 Å². The van der Waals surface area contributed by atoms with Crippen molar-refractivity contribution in [1.29, 1.82) is 0 Å². The van der Waals surface area contributed by atoms with Gasteiger partial charge in [-0.15, -0.1) is 5.10 Å². The Bertz CT molecular complexity index is 1420. The highest BCUT2D eigenvalue weighted by Gasteiger charge is 2.18. The van der Waals surface area contributed by atoms with Crippen LogP contribution in [-0.4, -0.2) is 27.3 Å². The van der Waals surface area contributed by atoms with E-state index in [1.54, 1.807) is 0 Å². The topological polar surface area (TPSA) is 65.7 Å². The van der Waals surface area contributed by atoms with E-state index in [1.165, 1.54) is 15.9 Å². The van der Waals surface area contributed by atoms with Crippen molar-refractivity contribution in [3.8, 4) is 22.9 Å². The summed E-state index contributed by atoms with van der Waals surface area (Å²) in [5, 5.41) is 4.45. The Balaban J connectivity index is 1.45. The number of hydrogen-bond donors (Lipinski definition) is 0. The summed E-state index contributed by atoms with van der Waals surface area (Å²) in [6.07, 6.45) is 3.80. The summed E-state index contributed by atoms with van der Waals surface area (Å²) in [5.74, 6) is 2.65. The summed E-state index contributed by atoms with van der Waals surface area (Å²) in [4.78, 5) is 18.1. The maximum absolute atomic E-state index is 13.0. The molecule has 0 N–H and O–H groups in total. The molecule has 0 amide bonds. The Morgan fingerprint density at radius 3 is 2.72 bits per heavy atom. The Labute approximate surface area is 189 Å². The molecule has 6 nitrogen and oxygen atoms in total. The highest BCUT2D eigenvalue weighted by atomic mass is 32.1. The number of benzene rings is 2. The first kappa shape index (κ1) is 20.5. The summed E-state index contributed by atoms with van der Waals surface area (Å²) in [7, 11) is 0. The molecule has 0 fully saturated rings. The van der Waals surface area contributed by atoms with Gasteiger partial charge in [-0.2, -0.15) is 9.50 Å².